The number of alkyl carbamates (subject to hydrolysis) is 1. The summed E-state index contributed by atoms with van der Waals surface area (Å²) in [6.45, 7) is 5.90. The smallest absolute Gasteiger partial charge is 0.407 e. The minimum absolute atomic E-state index is 0.155. The molecule has 13 nitrogen and oxygen atoms in total. The monoisotopic (exact) mass is 699 g/mol. The Morgan fingerprint density at radius 2 is 1.59 bits per heavy atom. The van der Waals surface area contributed by atoms with Crippen LogP contribution in [0.25, 0.3) is 22.5 Å². The van der Waals surface area contributed by atoms with E-state index in [-0.39, 0.29) is 29.7 Å². The van der Waals surface area contributed by atoms with Crippen LogP contribution in [0, 0.1) is 17.7 Å². The van der Waals surface area contributed by atoms with Gasteiger partial charge in [-0.25, -0.2) is 14.0 Å². The number of aromatic amines is 1. The van der Waals surface area contributed by atoms with E-state index in [9.17, 15) is 23.6 Å². The maximum atomic E-state index is 14.6. The zero-order valence-corrected chi connectivity index (χ0v) is 29.0. The highest BCUT2D eigenvalue weighted by Crippen LogP contribution is 2.29. The predicted molar refractivity (Wildman–Crippen MR) is 187 cm³/mol. The van der Waals surface area contributed by atoms with E-state index >= 15 is 0 Å². The van der Waals surface area contributed by atoms with Gasteiger partial charge in [-0.05, 0) is 111 Å². The molecule has 4 N–H and O–H groups in total. The third kappa shape index (κ3) is 10.2. The molecule has 14 heteroatoms. The van der Waals surface area contributed by atoms with Crippen LogP contribution in [-0.4, -0.2) is 69.8 Å². The highest BCUT2D eigenvalue weighted by atomic mass is 19.1. The number of anilines is 1. The lowest BCUT2D eigenvalue weighted by atomic mass is 9.81. The van der Waals surface area contributed by atoms with Gasteiger partial charge in [0, 0.05) is 30.1 Å². The van der Waals surface area contributed by atoms with Gasteiger partial charge in [0.1, 0.15) is 17.5 Å². The van der Waals surface area contributed by atoms with Crippen molar-refractivity contribution < 1.29 is 33.0 Å². The number of aromatic nitrogens is 4. The summed E-state index contributed by atoms with van der Waals surface area (Å²) < 4.78 is 24.5. The minimum atomic E-state index is -0.899. The fraction of sp³-hybridized carbons (Fsp3) is 0.378. The second kappa shape index (κ2) is 16.4. The van der Waals surface area contributed by atoms with E-state index in [0.29, 0.717) is 47.6 Å². The molecule has 1 aliphatic carbocycles. The van der Waals surface area contributed by atoms with Gasteiger partial charge in [-0.1, -0.05) is 30.3 Å². The Bertz CT molecular complexity index is 1820. The van der Waals surface area contributed by atoms with Crippen molar-refractivity contribution in [3.8, 4) is 22.5 Å². The van der Waals surface area contributed by atoms with Crippen LogP contribution in [0.3, 0.4) is 0 Å². The molecule has 3 amide bonds. The van der Waals surface area contributed by atoms with Crippen LogP contribution in [-0.2, 0) is 25.5 Å². The first-order valence-electron chi connectivity index (χ1n) is 16.8. The zero-order chi connectivity index (χ0) is 36.5. The number of carbonyl (C=O) groups excluding carboxylic acids is 4. The molecule has 0 unspecified atom stereocenters. The molecule has 51 heavy (non-hydrogen) atoms. The summed E-state index contributed by atoms with van der Waals surface area (Å²) in [5, 5.41) is 22.6. The summed E-state index contributed by atoms with van der Waals surface area (Å²) in [6.07, 6.45) is 2.48. The molecular formula is C37H42FN7O6. The number of halogens is 1. The molecule has 0 radical (unpaired) electrons. The third-order valence-corrected chi connectivity index (χ3v) is 8.64. The maximum Gasteiger partial charge on any atom is 0.407 e. The van der Waals surface area contributed by atoms with Crippen LogP contribution < -0.4 is 16.0 Å². The van der Waals surface area contributed by atoms with Crippen molar-refractivity contribution in [2.24, 2.45) is 11.8 Å². The van der Waals surface area contributed by atoms with Crippen molar-refractivity contribution in [2.45, 2.75) is 64.5 Å². The molecule has 1 fully saturated rings. The van der Waals surface area contributed by atoms with Gasteiger partial charge in [0.2, 0.25) is 17.6 Å². The van der Waals surface area contributed by atoms with Gasteiger partial charge >= 0.3 is 12.1 Å². The van der Waals surface area contributed by atoms with Crippen LogP contribution in [0.1, 0.15) is 62.4 Å². The van der Waals surface area contributed by atoms with E-state index in [2.05, 4.69) is 41.3 Å². The summed E-state index contributed by atoms with van der Waals surface area (Å²) in [5.74, 6) is -1.70. The van der Waals surface area contributed by atoms with E-state index in [1.54, 1.807) is 42.5 Å². The molecular weight excluding hydrogens is 657 g/mol. The SMILES string of the molecule is COC(=O)c1ccc(-c2ccc(C[C@H](NC(=O)C3CCC(CNC(=O)OC(C)(C)C)CC3)C(=O)Nc3ccc(-c4nn[nH]n4)cc3)cc2)cc1F. The van der Waals surface area contributed by atoms with Gasteiger partial charge < -0.3 is 25.4 Å². The molecule has 1 aromatic heterocycles. The lowest BCUT2D eigenvalue weighted by molar-refractivity contribution is -0.130. The summed E-state index contributed by atoms with van der Waals surface area (Å²) >= 11 is 0. The van der Waals surface area contributed by atoms with Crippen LogP contribution in [0.4, 0.5) is 14.9 Å². The molecule has 1 aliphatic rings. The van der Waals surface area contributed by atoms with Crippen molar-refractivity contribution in [3.05, 3.63) is 83.7 Å². The molecule has 0 saturated heterocycles. The second-order valence-corrected chi connectivity index (χ2v) is 13.6. The molecule has 0 spiro atoms. The van der Waals surface area contributed by atoms with Crippen LogP contribution in [0.2, 0.25) is 0 Å². The lowest BCUT2D eigenvalue weighted by Gasteiger charge is -2.29. The highest BCUT2D eigenvalue weighted by molar-refractivity contribution is 5.98. The largest absolute Gasteiger partial charge is 0.465 e. The van der Waals surface area contributed by atoms with Gasteiger partial charge in [-0.15, -0.1) is 10.2 Å². The fourth-order valence-electron chi connectivity index (χ4n) is 5.92. The molecule has 1 atom stereocenters. The molecule has 5 rings (SSSR count). The first-order chi connectivity index (χ1) is 24.4. The average Bonchev–Trinajstić information content (AvgIpc) is 3.65. The number of esters is 1. The number of nitrogens with zero attached hydrogens (tertiary/aromatic N) is 3. The Labute approximate surface area is 295 Å². The Morgan fingerprint density at radius 3 is 2.20 bits per heavy atom. The number of H-pyrrole nitrogens is 1. The van der Waals surface area contributed by atoms with Gasteiger partial charge in [0.25, 0.3) is 0 Å². The predicted octanol–water partition coefficient (Wildman–Crippen LogP) is 5.46. The molecule has 0 bridgehead atoms. The molecule has 268 valence electrons. The van der Waals surface area contributed by atoms with Crippen molar-refractivity contribution in [2.75, 3.05) is 19.0 Å². The summed E-state index contributed by atoms with van der Waals surface area (Å²) in [7, 11) is 1.19. The van der Waals surface area contributed by atoms with Crippen molar-refractivity contribution in [1.82, 2.24) is 31.3 Å². The third-order valence-electron chi connectivity index (χ3n) is 8.64. The number of methoxy groups -OCH3 is 1. The minimum Gasteiger partial charge on any atom is -0.465 e. The van der Waals surface area contributed by atoms with E-state index in [4.69, 9.17) is 4.74 Å². The maximum absolute atomic E-state index is 14.6. The molecule has 4 aromatic rings. The van der Waals surface area contributed by atoms with Crippen LogP contribution >= 0.6 is 0 Å². The second-order valence-electron chi connectivity index (χ2n) is 13.6. The molecule has 0 aliphatic heterocycles. The topological polar surface area (TPSA) is 177 Å². The number of benzene rings is 3. The highest BCUT2D eigenvalue weighted by Gasteiger charge is 2.30. The number of nitrogens with one attached hydrogen (secondary N) is 4. The Morgan fingerprint density at radius 1 is 0.922 bits per heavy atom. The number of ether oxygens (including phenoxy) is 2. The van der Waals surface area contributed by atoms with E-state index in [0.717, 1.165) is 18.4 Å². The standard InChI is InChI=1S/C37H42FN7O6/c1-37(2,3)51-36(49)39-21-23-7-11-26(12-8-23)33(46)41-31(34(47)40-28-16-13-25(14-17-28)32-42-44-45-43-32)19-22-5-9-24(10-6-22)27-15-18-29(30(38)20-27)35(48)50-4/h5-6,9-10,13-18,20,23,26,31H,7-8,11-12,19,21H2,1-4H3,(H,39,49)(H,40,47)(H,41,46)(H,42,43,44,45)/t23?,26?,31-/m0/s1. The Hall–Kier alpha value is -5.66. The summed E-state index contributed by atoms with van der Waals surface area (Å²) in [4.78, 5) is 51.1. The van der Waals surface area contributed by atoms with E-state index in [1.807, 2.05) is 32.9 Å². The summed E-state index contributed by atoms with van der Waals surface area (Å²) in [6, 6.07) is 17.5. The molecule has 3 aromatic carbocycles. The number of tetrazole rings is 1. The van der Waals surface area contributed by atoms with Crippen molar-refractivity contribution >= 4 is 29.6 Å². The molecule has 1 heterocycles. The first-order valence-corrected chi connectivity index (χ1v) is 16.8. The number of carbonyl (C=O) groups is 4. The van der Waals surface area contributed by atoms with Crippen LogP contribution in [0.5, 0.6) is 0 Å². The zero-order valence-electron chi connectivity index (χ0n) is 29.0. The van der Waals surface area contributed by atoms with E-state index < -0.39 is 35.4 Å². The van der Waals surface area contributed by atoms with Gasteiger partial charge in [-0.2, -0.15) is 5.21 Å². The Kier molecular flexibility index (Phi) is 11.7. The van der Waals surface area contributed by atoms with Gasteiger partial charge in [0.15, 0.2) is 0 Å². The van der Waals surface area contributed by atoms with Gasteiger partial charge in [0.05, 0.1) is 12.7 Å². The van der Waals surface area contributed by atoms with E-state index in [1.165, 1.54) is 19.2 Å². The van der Waals surface area contributed by atoms with Crippen LogP contribution in [0.15, 0.2) is 66.7 Å². The van der Waals surface area contributed by atoms with Crippen molar-refractivity contribution in [3.63, 3.8) is 0 Å². The Balaban J connectivity index is 1.25. The first kappa shape index (κ1) is 36.6. The van der Waals surface area contributed by atoms with Gasteiger partial charge in [-0.3, -0.25) is 9.59 Å². The molecule has 1 saturated carbocycles. The average molecular weight is 700 g/mol. The summed E-state index contributed by atoms with van der Waals surface area (Å²) in [5.41, 5.74) is 2.55. The number of rotatable bonds is 11. The number of hydrogen-bond acceptors (Lipinski definition) is 9. The quantitative estimate of drug-likeness (QED) is 0.148. The number of hydrogen-bond donors (Lipinski definition) is 4. The lowest BCUT2D eigenvalue weighted by Crippen LogP contribution is -2.48. The van der Waals surface area contributed by atoms with Crippen molar-refractivity contribution in [1.29, 1.82) is 0 Å². The fourth-order valence-corrected chi connectivity index (χ4v) is 5.92. The normalized spacial score (nSPS) is 16.4. The number of amides is 3.